The third kappa shape index (κ3) is 4.82. The molecule has 2 amide bonds. The molecule has 0 fully saturated rings. The summed E-state index contributed by atoms with van der Waals surface area (Å²) in [4.78, 5) is 36.7. The molecule has 0 saturated carbocycles. The van der Waals surface area contributed by atoms with Gasteiger partial charge in [-0.05, 0) is 42.0 Å². The maximum absolute atomic E-state index is 12.4. The fourth-order valence-electron chi connectivity index (χ4n) is 2.51. The molecule has 0 radical (unpaired) electrons. The zero-order chi connectivity index (χ0) is 20.8. The number of anilines is 1. The molecule has 0 aliphatic heterocycles. The maximum Gasteiger partial charge on any atom is 0.341 e. The van der Waals surface area contributed by atoms with Crippen molar-refractivity contribution in [1.82, 2.24) is 5.32 Å². The third-order valence-electron chi connectivity index (χ3n) is 3.93. The lowest BCUT2D eigenvalue weighted by atomic mass is 10.1. The van der Waals surface area contributed by atoms with Gasteiger partial charge in [-0.1, -0.05) is 6.07 Å². The first kappa shape index (κ1) is 20.2. The largest absolute Gasteiger partial charge is 0.496 e. The molecule has 0 aliphatic rings. The zero-order valence-corrected chi connectivity index (χ0v) is 16.5. The number of rotatable bonds is 7. The SMILES string of the molecule is COC(=O)c1cc(CNC(=O)c2ccc(NC(=O)c3ccco3)s2)ccc1OC. The summed E-state index contributed by atoms with van der Waals surface area (Å²) in [7, 11) is 2.75. The van der Waals surface area contributed by atoms with Crippen LogP contribution in [0.25, 0.3) is 0 Å². The predicted molar refractivity (Wildman–Crippen MR) is 106 cm³/mol. The summed E-state index contributed by atoms with van der Waals surface area (Å²) in [5, 5.41) is 5.97. The number of amides is 2. The Morgan fingerprint density at radius 3 is 2.59 bits per heavy atom. The van der Waals surface area contributed by atoms with Gasteiger partial charge in [0.05, 0.1) is 30.4 Å². The van der Waals surface area contributed by atoms with E-state index in [2.05, 4.69) is 10.6 Å². The summed E-state index contributed by atoms with van der Waals surface area (Å²) >= 11 is 1.14. The monoisotopic (exact) mass is 414 g/mol. The van der Waals surface area contributed by atoms with Crippen LogP contribution in [0, 0.1) is 0 Å². The lowest BCUT2D eigenvalue weighted by Crippen LogP contribution is -2.22. The van der Waals surface area contributed by atoms with Gasteiger partial charge < -0.3 is 24.5 Å². The summed E-state index contributed by atoms with van der Waals surface area (Å²) in [5.41, 5.74) is 0.989. The van der Waals surface area contributed by atoms with Crippen molar-refractivity contribution in [3.8, 4) is 5.75 Å². The van der Waals surface area contributed by atoms with Crippen molar-refractivity contribution in [3.63, 3.8) is 0 Å². The van der Waals surface area contributed by atoms with E-state index in [4.69, 9.17) is 13.9 Å². The molecular weight excluding hydrogens is 396 g/mol. The second kappa shape index (κ2) is 9.07. The van der Waals surface area contributed by atoms with Gasteiger partial charge in [-0.15, -0.1) is 11.3 Å². The second-order valence-electron chi connectivity index (χ2n) is 5.80. The van der Waals surface area contributed by atoms with Crippen molar-refractivity contribution in [3.05, 3.63) is 70.5 Å². The Hall–Kier alpha value is -3.59. The van der Waals surface area contributed by atoms with Gasteiger partial charge in [-0.2, -0.15) is 0 Å². The van der Waals surface area contributed by atoms with Crippen LogP contribution in [-0.2, 0) is 11.3 Å². The molecular formula is C20H18N2O6S. The van der Waals surface area contributed by atoms with Gasteiger partial charge in [0.15, 0.2) is 5.76 Å². The molecule has 29 heavy (non-hydrogen) atoms. The van der Waals surface area contributed by atoms with E-state index in [0.717, 1.165) is 11.3 Å². The highest BCUT2D eigenvalue weighted by Crippen LogP contribution is 2.23. The minimum Gasteiger partial charge on any atom is -0.496 e. The van der Waals surface area contributed by atoms with E-state index in [1.54, 1.807) is 42.5 Å². The zero-order valence-electron chi connectivity index (χ0n) is 15.7. The highest BCUT2D eigenvalue weighted by molar-refractivity contribution is 7.18. The average molecular weight is 414 g/mol. The number of nitrogens with one attached hydrogen (secondary N) is 2. The topological polar surface area (TPSA) is 107 Å². The quantitative estimate of drug-likeness (QED) is 0.575. The standard InChI is InChI=1S/C20H18N2O6S/c1-26-14-6-5-12(10-13(14)20(25)27-2)11-21-19(24)16-7-8-17(29-16)22-18(23)15-4-3-9-28-15/h3-10H,11H2,1-2H3,(H,21,24)(H,22,23). The smallest absolute Gasteiger partial charge is 0.341 e. The Morgan fingerprint density at radius 1 is 1.07 bits per heavy atom. The van der Waals surface area contributed by atoms with Gasteiger partial charge in [0.1, 0.15) is 11.3 Å². The summed E-state index contributed by atoms with van der Waals surface area (Å²) in [6.07, 6.45) is 1.41. The first-order valence-electron chi connectivity index (χ1n) is 8.50. The first-order chi connectivity index (χ1) is 14.0. The third-order valence-corrected chi connectivity index (χ3v) is 4.93. The number of ether oxygens (including phenoxy) is 2. The summed E-state index contributed by atoms with van der Waals surface area (Å²) < 4.78 is 14.9. The van der Waals surface area contributed by atoms with Crippen molar-refractivity contribution in [2.75, 3.05) is 19.5 Å². The van der Waals surface area contributed by atoms with E-state index in [9.17, 15) is 14.4 Å². The summed E-state index contributed by atoms with van der Waals surface area (Å²) in [6.45, 7) is 0.207. The van der Waals surface area contributed by atoms with Crippen molar-refractivity contribution >= 4 is 34.1 Å². The average Bonchev–Trinajstić information content (AvgIpc) is 3.43. The fourth-order valence-corrected chi connectivity index (χ4v) is 3.33. The van der Waals surface area contributed by atoms with Gasteiger partial charge in [0.2, 0.25) is 0 Å². The number of hydrogen-bond donors (Lipinski definition) is 2. The summed E-state index contributed by atoms with van der Waals surface area (Å²) in [5.74, 6) is -0.640. The first-order valence-corrected chi connectivity index (χ1v) is 9.31. The minimum atomic E-state index is -0.523. The van der Waals surface area contributed by atoms with Crippen LogP contribution in [0.3, 0.4) is 0 Å². The van der Waals surface area contributed by atoms with Gasteiger partial charge in [0.25, 0.3) is 11.8 Å². The minimum absolute atomic E-state index is 0.185. The molecule has 0 saturated heterocycles. The van der Waals surface area contributed by atoms with Crippen LogP contribution in [0.2, 0.25) is 0 Å². The van der Waals surface area contributed by atoms with Crippen LogP contribution in [0.1, 0.15) is 36.1 Å². The highest BCUT2D eigenvalue weighted by atomic mass is 32.1. The van der Waals surface area contributed by atoms with Crippen LogP contribution in [0.15, 0.2) is 53.1 Å². The van der Waals surface area contributed by atoms with E-state index in [1.807, 2.05) is 0 Å². The van der Waals surface area contributed by atoms with E-state index in [1.165, 1.54) is 20.5 Å². The molecule has 0 bridgehead atoms. The second-order valence-corrected chi connectivity index (χ2v) is 6.89. The molecule has 2 heterocycles. The molecule has 9 heteroatoms. The molecule has 3 aromatic rings. The fraction of sp³-hybridized carbons (Fsp3) is 0.150. The molecule has 3 rings (SSSR count). The number of furan rings is 1. The normalized spacial score (nSPS) is 10.3. The molecule has 0 unspecified atom stereocenters. The number of carbonyl (C=O) groups excluding carboxylic acids is 3. The maximum atomic E-state index is 12.4. The Morgan fingerprint density at radius 2 is 1.90 bits per heavy atom. The molecule has 2 N–H and O–H groups in total. The Bertz CT molecular complexity index is 1030. The molecule has 0 spiro atoms. The molecule has 0 aliphatic carbocycles. The van der Waals surface area contributed by atoms with E-state index >= 15 is 0 Å². The van der Waals surface area contributed by atoms with E-state index in [0.29, 0.717) is 21.2 Å². The Labute approximate surface area is 170 Å². The van der Waals surface area contributed by atoms with Gasteiger partial charge in [0, 0.05) is 6.54 Å². The van der Waals surface area contributed by atoms with Crippen LogP contribution in [0.5, 0.6) is 5.75 Å². The van der Waals surface area contributed by atoms with E-state index < -0.39 is 11.9 Å². The summed E-state index contributed by atoms with van der Waals surface area (Å²) in [6, 6.07) is 11.4. The van der Waals surface area contributed by atoms with Crippen molar-refractivity contribution in [2.24, 2.45) is 0 Å². The van der Waals surface area contributed by atoms with Crippen molar-refractivity contribution in [2.45, 2.75) is 6.54 Å². The van der Waals surface area contributed by atoms with Crippen molar-refractivity contribution < 1.29 is 28.3 Å². The van der Waals surface area contributed by atoms with Crippen LogP contribution in [-0.4, -0.2) is 32.0 Å². The van der Waals surface area contributed by atoms with Crippen LogP contribution >= 0.6 is 11.3 Å². The number of thiophene rings is 1. The number of hydrogen-bond acceptors (Lipinski definition) is 7. The van der Waals surface area contributed by atoms with E-state index in [-0.39, 0.29) is 23.8 Å². The van der Waals surface area contributed by atoms with Crippen LogP contribution < -0.4 is 15.4 Å². The molecule has 2 aromatic heterocycles. The Balaban J connectivity index is 1.62. The molecule has 150 valence electrons. The highest BCUT2D eigenvalue weighted by Gasteiger charge is 2.15. The number of esters is 1. The van der Waals surface area contributed by atoms with Gasteiger partial charge >= 0.3 is 5.97 Å². The number of benzene rings is 1. The van der Waals surface area contributed by atoms with Crippen molar-refractivity contribution in [1.29, 1.82) is 0 Å². The predicted octanol–water partition coefficient (Wildman–Crippen LogP) is 3.32. The number of carbonyl (C=O) groups is 3. The Kier molecular flexibility index (Phi) is 6.30. The lowest BCUT2D eigenvalue weighted by Gasteiger charge is -2.10. The van der Waals surface area contributed by atoms with Crippen LogP contribution in [0.4, 0.5) is 5.00 Å². The molecule has 0 atom stereocenters. The molecule has 8 nitrogen and oxygen atoms in total. The lowest BCUT2D eigenvalue weighted by molar-refractivity contribution is 0.0596. The number of methoxy groups -OCH3 is 2. The van der Waals surface area contributed by atoms with Gasteiger partial charge in [-0.25, -0.2) is 4.79 Å². The molecule has 1 aromatic carbocycles. The van der Waals surface area contributed by atoms with Gasteiger partial charge in [-0.3, -0.25) is 9.59 Å².